The molecule has 0 atom stereocenters. The van der Waals surface area contributed by atoms with Crippen LogP contribution in [0.1, 0.15) is 16.0 Å². The molecule has 1 aromatic carbocycles. The molecule has 3 aromatic rings. The molecule has 0 aliphatic carbocycles. The van der Waals surface area contributed by atoms with E-state index < -0.39 is 10.0 Å². The fourth-order valence-corrected chi connectivity index (χ4v) is 4.93. The van der Waals surface area contributed by atoms with Gasteiger partial charge >= 0.3 is 0 Å². The quantitative estimate of drug-likeness (QED) is 0.561. The Morgan fingerprint density at radius 3 is 2.68 bits per heavy atom. The molecule has 0 amide bonds. The predicted octanol–water partition coefficient (Wildman–Crippen LogP) is 4.57. The minimum absolute atomic E-state index is 0.0736. The van der Waals surface area contributed by atoms with Crippen LogP contribution >= 0.6 is 22.9 Å². The summed E-state index contributed by atoms with van der Waals surface area (Å²) >= 11 is 7.61. The zero-order valence-corrected chi connectivity index (χ0v) is 15.9. The van der Waals surface area contributed by atoms with Crippen molar-refractivity contribution < 1.29 is 12.8 Å². The minimum Gasteiger partial charge on any atom is -0.472 e. The number of rotatable bonds is 8. The number of thiophene rings is 1. The van der Waals surface area contributed by atoms with Crippen molar-refractivity contribution in [2.75, 3.05) is 6.54 Å². The van der Waals surface area contributed by atoms with Crippen molar-refractivity contribution in [2.45, 2.75) is 18.7 Å². The first-order valence-electron chi connectivity index (χ1n) is 7.79. The number of hydrogen-bond acceptors (Lipinski definition) is 4. The van der Waals surface area contributed by atoms with Crippen LogP contribution in [-0.4, -0.2) is 19.3 Å². The topological polar surface area (TPSA) is 50.5 Å². The Bertz CT molecular complexity index is 890. The van der Waals surface area contributed by atoms with E-state index in [0.29, 0.717) is 30.1 Å². The lowest BCUT2D eigenvalue weighted by molar-refractivity contribution is 0.407. The highest BCUT2D eigenvalue weighted by atomic mass is 35.5. The molecule has 7 heteroatoms. The van der Waals surface area contributed by atoms with Gasteiger partial charge in [-0.05, 0) is 41.6 Å². The Morgan fingerprint density at radius 2 is 2.00 bits per heavy atom. The molecule has 0 saturated carbocycles. The van der Waals surface area contributed by atoms with E-state index in [1.807, 2.05) is 17.5 Å². The van der Waals surface area contributed by atoms with Crippen LogP contribution in [0.5, 0.6) is 0 Å². The molecule has 0 N–H and O–H groups in total. The first-order chi connectivity index (χ1) is 12.0. The van der Waals surface area contributed by atoms with Crippen molar-refractivity contribution in [2.24, 2.45) is 0 Å². The first-order valence-corrected chi connectivity index (χ1v) is 10.7. The maximum Gasteiger partial charge on any atom is 0.218 e. The standard InChI is InChI=1S/C18H18ClNO3S2/c19-17-4-1-3-15(11-17)14-25(21,22)20(12-16-7-9-23-13-16)8-6-18-5-2-10-24-18/h1-5,7,9-11,13H,6,8,12,14H2. The van der Waals surface area contributed by atoms with Crippen molar-refractivity contribution in [1.29, 1.82) is 0 Å². The van der Waals surface area contributed by atoms with Crippen LogP contribution in [0.15, 0.2) is 64.8 Å². The Labute approximate surface area is 156 Å². The van der Waals surface area contributed by atoms with E-state index in [-0.39, 0.29) is 5.75 Å². The SMILES string of the molecule is O=S(=O)(Cc1cccc(Cl)c1)N(CCc1cccs1)Cc1ccoc1. The maximum absolute atomic E-state index is 13.0. The van der Waals surface area contributed by atoms with Crippen molar-refractivity contribution in [3.8, 4) is 0 Å². The molecule has 0 spiro atoms. The van der Waals surface area contributed by atoms with Crippen LogP contribution in [0.3, 0.4) is 0 Å². The summed E-state index contributed by atoms with van der Waals surface area (Å²) in [5.41, 5.74) is 1.52. The van der Waals surface area contributed by atoms with Crippen LogP contribution in [-0.2, 0) is 28.7 Å². The number of sulfonamides is 1. The number of halogens is 1. The van der Waals surface area contributed by atoms with E-state index in [1.165, 1.54) is 4.31 Å². The summed E-state index contributed by atoms with van der Waals surface area (Å²) in [6.45, 7) is 0.722. The smallest absolute Gasteiger partial charge is 0.218 e. The molecule has 0 saturated heterocycles. The predicted molar refractivity (Wildman–Crippen MR) is 101 cm³/mol. The van der Waals surface area contributed by atoms with Gasteiger partial charge in [-0.15, -0.1) is 11.3 Å². The lowest BCUT2D eigenvalue weighted by Crippen LogP contribution is -2.33. The largest absolute Gasteiger partial charge is 0.472 e. The molecule has 3 rings (SSSR count). The number of hydrogen-bond donors (Lipinski definition) is 0. The van der Waals surface area contributed by atoms with Crippen LogP contribution in [0.25, 0.3) is 0 Å². The maximum atomic E-state index is 13.0. The van der Waals surface area contributed by atoms with Gasteiger partial charge in [-0.2, -0.15) is 4.31 Å². The summed E-state index contributed by atoms with van der Waals surface area (Å²) in [6, 6.07) is 12.7. The van der Waals surface area contributed by atoms with Gasteiger partial charge in [0.2, 0.25) is 10.0 Å². The Morgan fingerprint density at radius 1 is 1.12 bits per heavy atom. The van der Waals surface area contributed by atoms with Gasteiger partial charge in [0.25, 0.3) is 0 Å². The van der Waals surface area contributed by atoms with Crippen LogP contribution in [0, 0.1) is 0 Å². The molecule has 4 nitrogen and oxygen atoms in total. The van der Waals surface area contributed by atoms with Crippen LogP contribution in [0.2, 0.25) is 5.02 Å². The molecular weight excluding hydrogens is 378 g/mol. The number of furan rings is 1. The number of nitrogens with zero attached hydrogens (tertiary/aromatic N) is 1. The third-order valence-electron chi connectivity index (χ3n) is 3.76. The second-order valence-corrected chi connectivity index (χ2v) is 9.12. The van der Waals surface area contributed by atoms with Gasteiger partial charge < -0.3 is 4.42 Å². The minimum atomic E-state index is -3.48. The molecule has 2 heterocycles. The second kappa shape index (κ2) is 8.19. The highest BCUT2D eigenvalue weighted by Crippen LogP contribution is 2.19. The van der Waals surface area contributed by atoms with Gasteiger partial charge in [-0.25, -0.2) is 8.42 Å². The second-order valence-electron chi connectivity index (χ2n) is 5.68. The van der Waals surface area contributed by atoms with E-state index in [1.54, 1.807) is 54.2 Å². The lowest BCUT2D eigenvalue weighted by atomic mass is 10.2. The zero-order valence-electron chi connectivity index (χ0n) is 13.5. The molecule has 2 aromatic heterocycles. The Balaban J connectivity index is 1.78. The summed E-state index contributed by atoms with van der Waals surface area (Å²) in [5.74, 6) is -0.0736. The average Bonchev–Trinajstić information content (AvgIpc) is 3.24. The third-order valence-corrected chi connectivity index (χ3v) is 6.73. The highest BCUT2D eigenvalue weighted by Gasteiger charge is 2.23. The summed E-state index contributed by atoms with van der Waals surface area (Å²) in [6.07, 6.45) is 3.81. The average molecular weight is 396 g/mol. The fraction of sp³-hybridized carbons (Fsp3) is 0.222. The van der Waals surface area contributed by atoms with Crippen molar-refractivity contribution in [3.05, 3.63) is 81.4 Å². The van der Waals surface area contributed by atoms with Gasteiger partial charge in [0.15, 0.2) is 0 Å². The monoisotopic (exact) mass is 395 g/mol. The molecule has 0 unspecified atom stereocenters. The summed E-state index contributed by atoms with van der Waals surface area (Å²) in [5, 5.41) is 2.53. The van der Waals surface area contributed by atoms with Crippen molar-refractivity contribution in [3.63, 3.8) is 0 Å². The van der Waals surface area contributed by atoms with Gasteiger partial charge in [0.1, 0.15) is 0 Å². The van der Waals surface area contributed by atoms with Crippen LogP contribution < -0.4 is 0 Å². The molecule has 0 bridgehead atoms. The number of benzene rings is 1. The molecule has 25 heavy (non-hydrogen) atoms. The van der Waals surface area contributed by atoms with Gasteiger partial charge in [0, 0.05) is 28.6 Å². The van der Waals surface area contributed by atoms with Gasteiger partial charge in [0.05, 0.1) is 18.3 Å². The van der Waals surface area contributed by atoms with E-state index >= 15 is 0 Å². The highest BCUT2D eigenvalue weighted by molar-refractivity contribution is 7.88. The van der Waals surface area contributed by atoms with Crippen molar-refractivity contribution in [1.82, 2.24) is 4.31 Å². The van der Waals surface area contributed by atoms with Crippen LogP contribution in [0.4, 0.5) is 0 Å². The normalized spacial score (nSPS) is 11.9. The zero-order chi connectivity index (χ0) is 17.7. The lowest BCUT2D eigenvalue weighted by Gasteiger charge is -2.21. The summed E-state index contributed by atoms with van der Waals surface area (Å²) < 4.78 is 32.5. The summed E-state index contributed by atoms with van der Waals surface area (Å²) in [4.78, 5) is 1.16. The molecule has 132 valence electrons. The van der Waals surface area contributed by atoms with Gasteiger partial charge in [-0.3, -0.25) is 0 Å². The Kier molecular flexibility index (Phi) is 5.96. The van der Waals surface area contributed by atoms with Gasteiger partial charge in [-0.1, -0.05) is 29.8 Å². The molecule has 0 radical (unpaired) electrons. The molecular formula is C18H18ClNO3S2. The van der Waals surface area contributed by atoms with E-state index in [4.69, 9.17) is 16.0 Å². The summed E-state index contributed by atoms with van der Waals surface area (Å²) in [7, 11) is -3.48. The Hall–Kier alpha value is -1.60. The molecule has 0 fully saturated rings. The molecule has 0 aliphatic heterocycles. The third kappa shape index (κ3) is 5.19. The van der Waals surface area contributed by atoms with E-state index in [9.17, 15) is 8.42 Å². The van der Waals surface area contributed by atoms with Crippen molar-refractivity contribution >= 4 is 33.0 Å². The van der Waals surface area contributed by atoms with E-state index in [2.05, 4.69) is 0 Å². The first kappa shape index (κ1) is 18.2. The molecule has 0 aliphatic rings. The van der Waals surface area contributed by atoms with E-state index in [0.717, 1.165) is 10.4 Å². The fourth-order valence-electron chi connectivity index (χ4n) is 2.52.